The zero-order valence-corrected chi connectivity index (χ0v) is 11.8. The number of carboxylic acids is 1. The Labute approximate surface area is 125 Å². The largest absolute Gasteiger partial charge is 0.480 e. The van der Waals surface area contributed by atoms with Gasteiger partial charge >= 0.3 is 5.97 Å². The molecule has 1 aromatic heterocycles. The molecule has 1 aliphatic carbocycles. The molecule has 2 aromatic rings. The van der Waals surface area contributed by atoms with Gasteiger partial charge in [0.05, 0.1) is 11.6 Å². The molecule has 7 nitrogen and oxygen atoms in total. The van der Waals surface area contributed by atoms with E-state index in [-0.39, 0.29) is 12.1 Å². The molecule has 0 spiro atoms. The van der Waals surface area contributed by atoms with Crippen molar-refractivity contribution in [1.82, 2.24) is 15.1 Å². The summed E-state index contributed by atoms with van der Waals surface area (Å²) < 4.78 is 1.05. The van der Waals surface area contributed by atoms with Crippen LogP contribution in [0, 0.1) is 0 Å². The van der Waals surface area contributed by atoms with Gasteiger partial charge in [-0.15, -0.1) is 0 Å². The fourth-order valence-electron chi connectivity index (χ4n) is 2.61. The van der Waals surface area contributed by atoms with Crippen molar-refractivity contribution in [2.24, 2.45) is 0 Å². The summed E-state index contributed by atoms with van der Waals surface area (Å²) in [7, 11) is 0. The van der Waals surface area contributed by atoms with E-state index < -0.39 is 17.4 Å². The fourth-order valence-corrected chi connectivity index (χ4v) is 2.61. The number of hydrogen-bond donors (Lipinski definition) is 2. The second-order valence-corrected chi connectivity index (χ2v) is 5.48. The smallest absolute Gasteiger partial charge is 0.329 e. The lowest BCUT2D eigenvalue weighted by Crippen LogP contribution is -2.59. The minimum Gasteiger partial charge on any atom is -0.480 e. The van der Waals surface area contributed by atoms with Gasteiger partial charge < -0.3 is 10.4 Å². The van der Waals surface area contributed by atoms with Crippen molar-refractivity contribution in [1.29, 1.82) is 0 Å². The number of carbonyl (C=O) groups excluding carboxylic acids is 1. The van der Waals surface area contributed by atoms with Gasteiger partial charge in [-0.25, -0.2) is 9.48 Å². The van der Waals surface area contributed by atoms with Crippen LogP contribution in [0.5, 0.6) is 0 Å². The quantitative estimate of drug-likeness (QED) is 0.857. The van der Waals surface area contributed by atoms with Crippen LogP contribution < -0.4 is 10.9 Å². The number of carboxylic acid groups (broad SMARTS) is 1. The molecule has 0 aliphatic heterocycles. The molecule has 0 bridgehead atoms. The van der Waals surface area contributed by atoms with Gasteiger partial charge in [-0.05, 0) is 25.3 Å². The standard InChI is InChI=1S/C15H15N3O4/c19-12(17-15(14(21)22)6-3-7-15)9-18-13(20)11-5-2-1-4-10(11)8-16-18/h1-2,4-5,8H,3,6-7,9H2,(H,17,19)(H,21,22). The van der Waals surface area contributed by atoms with Crippen LogP contribution >= 0.6 is 0 Å². The van der Waals surface area contributed by atoms with Crippen LogP contribution in [-0.2, 0) is 16.1 Å². The van der Waals surface area contributed by atoms with Crippen molar-refractivity contribution >= 4 is 22.6 Å². The minimum absolute atomic E-state index is 0.293. The number of fused-ring (bicyclic) bond motifs is 1. The maximum Gasteiger partial charge on any atom is 0.329 e. The number of aliphatic carboxylic acids is 1. The maximum atomic E-state index is 12.3. The van der Waals surface area contributed by atoms with E-state index in [1.807, 2.05) is 0 Å². The van der Waals surface area contributed by atoms with Gasteiger partial charge in [0.15, 0.2) is 0 Å². The van der Waals surface area contributed by atoms with Crippen molar-refractivity contribution in [3.05, 3.63) is 40.8 Å². The van der Waals surface area contributed by atoms with Gasteiger partial charge in [0.2, 0.25) is 5.91 Å². The number of amides is 1. The first kappa shape index (κ1) is 14.2. The first-order valence-electron chi connectivity index (χ1n) is 7.01. The summed E-state index contributed by atoms with van der Waals surface area (Å²) in [6, 6.07) is 6.97. The number of nitrogens with one attached hydrogen (secondary N) is 1. The summed E-state index contributed by atoms with van der Waals surface area (Å²) in [5.74, 6) is -1.56. The number of aromatic nitrogens is 2. The van der Waals surface area contributed by atoms with Crippen LogP contribution in [0.25, 0.3) is 10.8 Å². The molecule has 114 valence electrons. The van der Waals surface area contributed by atoms with Crippen molar-refractivity contribution < 1.29 is 14.7 Å². The molecule has 0 unspecified atom stereocenters. The third kappa shape index (κ3) is 2.34. The van der Waals surface area contributed by atoms with Crippen molar-refractivity contribution in [2.45, 2.75) is 31.3 Å². The fraction of sp³-hybridized carbons (Fsp3) is 0.333. The molecule has 1 aliphatic rings. The first-order chi connectivity index (χ1) is 10.5. The van der Waals surface area contributed by atoms with Crippen LogP contribution in [-0.4, -0.2) is 32.3 Å². The normalized spacial score (nSPS) is 16.0. The summed E-state index contributed by atoms with van der Waals surface area (Å²) in [5.41, 5.74) is -1.55. The predicted octanol–water partition coefficient (Wildman–Crippen LogP) is 0.520. The van der Waals surface area contributed by atoms with Crippen molar-refractivity contribution in [3.63, 3.8) is 0 Å². The molecular formula is C15H15N3O4. The number of carbonyl (C=O) groups is 2. The Bertz CT molecular complexity index is 808. The van der Waals surface area contributed by atoms with Gasteiger partial charge in [-0.2, -0.15) is 5.10 Å². The van der Waals surface area contributed by atoms with Gasteiger partial charge in [0.1, 0.15) is 12.1 Å². The third-order valence-corrected chi connectivity index (χ3v) is 4.05. The molecule has 7 heteroatoms. The zero-order chi connectivity index (χ0) is 15.7. The van der Waals surface area contributed by atoms with Gasteiger partial charge in [0.25, 0.3) is 5.56 Å². The molecule has 0 saturated heterocycles. The van der Waals surface area contributed by atoms with E-state index >= 15 is 0 Å². The SMILES string of the molecule is O=C(Cn1ncc2ccccc2c1=O)NC1(C(=O)O)CCC1. The summed E-state index contributed by atoms with van der Waals surface area (Å²) >= 11 is 0. The Morgan fingerprint density at radius 1 is 1.32 bits per heavy atom. The van der Waals surface area contributed by atoms with E-state index in [2.05, 4.69) is 10.4 Å². The zero-order valence-electron chi connectivity index (χ0n) is 11.8. The Kier molecular flexibility index (Phi) is 3.40. The van der Waals surface area contributed by atoms with Gasteiger partial charge in [-0.1, -0.05) is 18.2 Å². The summed E-state index contributed by atoms with van der Waals surface area (Å²) in [6.45, 7) is -0.293. The lowest BCUT2D eigenvalue weighted by Gasteiger charge is -2.38. The van der Waals surface area contributed by atoms with E-state index in [4.69, 9.17) is 0 Å². The first-order valence-corrected chi connectivity index (χ1v) is 7.01. The molecule has 0 atom stereocenters. The predicted molar refractivity (Wildman–Crippen MR) is 78.4 cm³/mol. The van der Waals surface area contributed by atoms with Crippen LogP contribution in [0.15, 0.2) is 35.3 Å². The maximum absolute atomic E-state index is 12.3. The van der Waals surface area contributed by atoms with Gasteiger partial charge in [-0.3, -0.25) is 9.59 Å². The number of hydrogen-bond acceptors (Lipinski definition) is 4. The van der Waals surface area contributed by atoms with Crippen LogP contribution in [0.2, 0.25) is 0 Å². The molecular weight excluding hydrogens is 286 g/mol. The highest BCUT2D eigenvalue weighted by molar-refractivity contribution is 5.88. The number of rotatable bonds is 4. The average Bonchev–Trinajstić information content (AvgIpc) is 2.46. The Morgan fingerprint density at radius 3 is 2.68 bits per heavy atom. The Balaban J connectivity index is 1.81. The lowest BCUT2D eigenvalue weighted by atomic mass is 9.77. The minimum atomic E-state index is -1.18. The highest BCUT2D eigenvalue weighted by Gasteiger charge is 2.45. The Hall–Kier alpha value is -2.70. The van der Waals surface area contributed by atoms with Crippen LogP contribution in [0.4, 0.5) is 0 Å². The third-order valence-electron chi connectivity index (χ3n) is 4.05. The second kappa shape index (κ2) is 5.25. The summed E-state index contributed by atoms with van der Waals surface area (Å²) in [4.78, 5) is 35.5. The summed E-state index contributed by atoms with van der Waals surface area (Å²) in [6.07, 6.45) is 3.10. The van der Waals surface area contributed by atoms with E-state index in [9.17, 15) is 19.5 Å². The molecule has 1 amide bonds. The average molecular weight is 301 g/mol. The molecule has 1 fully saturated rings. The molecule has 1 aromatic carbocycles. The summed E-state index contributed by atoms with van der Waals surface area (Å²) in [5, 5.41) is 16.8. The highest BCUT2D eigenvalue weighted by atomic mass is 16.4. The number of nitrogens with zero attached hydrogens (tertiary/aromatic N) is 2. The van der Waals surface area contributed by atoms with E-state index in [0.29, 0.717) is 23.6 Å². The molecule has 1 heterocycles. The molecule has 2 N–H and O–H groups in total. The molecule has 22 heavy (non-hydrogen) atoms. The van der Waals surface area contributed by atoms with E-state index in [1.54, 1.807) is 24.3 Å². The molecule has 1 saturated carbocycles. The van der Waals surface area contributed by atoms with Crippen LogP contribution in [0.1, 0.15) is 19.3 Å². The van der Waals surface area contributed by atoms with E-state index in [0.717, 1.165) is 11.1 Å². The second-order valence-electron chi connectivity index (χ2n) is 5.48. The topological polar surface area (TPSA) is 101 Å². The van der Waals surface area contributed by atoms with Crippen molar-refractivity contribution in [3.8, 4) is 0 Å². The van der Waals surface area contributed by atoms with Gasteiger partial charge in [0, 0.05) is 5.39 Å². The monoisotopic (exact) mass is 301 g/mol. The van der Waals surface area contributed by atoms with E-state index in [1.165, 1.54) is 6.20 Å². The van der Waals surface area contributed by atoms with Crippen LogP contribution in [0.3, 0.4) is 0 Å². The van der Waals surface area contributed by atoms with Crippen molar-refractivity contribution in [2.75, 3.05) is 0 Å². The lowest BCUT2D eigenvalue weighted by molar-refractivity contribution is -0.151. The molecule has 3 rings (SSSR count). The highest BCUT2D eigenvalue weighted by Crippen LogP contribution is 2.31. The number of benzene rings is 1. The molecule has 0 radical (unpaired) electrons. The Morgan fingerprint density at radius 2 is 2.05 bits per heavy atom.